The van der Waals surface area contributed by atoms with Gasteiger partial charge in [-0.15, -0.1) is 0 Å². The fourth-order valence-electron chi connectivity index (χ4n) is 4.40. The van der Waals surface area contributed by atoms with E-state index in [0.29, 0.717) is 19.4 Å². The Morgan fingerprint density at radius 1 is 1.21 bits per heavy atom. The zero-order valence-electron chi connectivity index (χ0n) is 19.1. The molecule has 10 heteroatoms. The number of nitrogens with zero attached hydrogens (tertiary/aromatic N) is 2. The van der Waals surface area contributed by atoms with E-state index in [1.807, 2.05) is 6.92 Å². The summed E-state index contributed by atoms with van der Waals surface area (Å²) in [5.41, 5.74) is -0.112. The minimum Gasteiger partial charge on any atom is -0.487 e. The van der Waals surface area contributed by atoms with Crippen molar-refractivity contribution in [3.05, 3.63) is 17.7 Å². The Hall–Kier alpha value is -2.46. The maximum Gasteiger partial charge on any atom is 0.297 e. The molecule has 0 saturated heterocycles. The number of carbonyl (C=O) groups is 1. The Labute approximate surface area is 191 Å². The summed E-state index contributed by atoms with van der Waals surface area (Å²) < 4.78 is 48.6. The van der Waals surface area contributed by atoms with Crippen molar-refractivity contribution in [2.75, 3.05) is 6.61 Å². The van der Waals surface area contributed by atoms with E-state index in [2.05, 4.69) is 10.3 Å². The Balaban J connectivity index is 1.37. The number of aliphatic hydroxyl groups excluding tert-OH is 1. The van der Waals surface area contributed by atoms with Gasteiger partial charge < -0.3 is 24.6 Å². The number of aliphatic hydroxyl groups is 1. The van der Waals surface area contributed by atoms with E-state index in [9.17, 15) is 14.3 Å². The highest BCUT2D eigenvalue weighted by atomic mass is 19.1. The number of nitrogens with one attached hydrogen (secondary N) is 1. The molecule has 1 aromatic heterocycles. The number of ether oxygens (including phenoxy) is 3. The van der Waals surface area contributed by atoms with Crippen molar-refractivity contribution in [3.8, 4) is 11.8 Å². The van der Waals surface area contributed by atoms with E-state index in [4.69, 9.17) is 14.2 Å². The van der Waals surface area contributed by atoms with E-state index in [0.717, 1.165) is 31.7 Å². The Morgan fingerprint density at radius 2 is 1.88 bits per heavy atom. The van der Waals surface area contributed by atoms with E-state index in [-0.39, 0.29) is 53.1 Å². The monoisotopic (exact) mass is 467 g/mol. The number of imidazole rings is 1. The van der Waals surface area contributed by atoms with Crippen molar-refractivity contribution in [2.24, 2.45) is 7.05 Å². The number of halogens is 2. The molecule has 0 bridgehead atoms. The normalized spacial score (nSPS) is 26.0. The number of fused-ring (bicyclic) bond motifs is 1. The summed E-state index contributed by atoms with van der Waals surface area (Å²) in [6.07, 6.45) is 3.00. The van der Waals surface area contributed by atoms with Crippen LogP contribution < -0.4 is 14.8 Å². The summed E-state index contributed by atoms with van der Waals surface area (Å²) in [6.45, 7) is 3.82. The fourth-order valence-corrected chi connectivity index (χ4v) is 4.40. The lowest BCUT2D eigenvalue weighted by Gasteiger charge is -2.31. The number of hydrogen-bond donors (Lipinski definition) is 2. The van der Waals surface area contributed by atoms with Gasteiger partial charge in [-0.1, -0.05) is 0 Å². The van der Waals surface area contributed by atoms with Gasteiger partial charge in [0.2, 0.25) is 5.91 Å². The van der Waals surface area contributed by atoms with Gasteiger partial charge in [-0.2, -0.15) is 4.98 Å². The minimum atomic E-state index is -0.692. The van der Waals surface area contributed by atoms with Crippen molar-refractivity contribution >= 4 is 16.9 Å². The molecule has 2 fully saturated rings. The molecule has 1 amide bonds. The third-order valence-corrected chi connectivity index (χ3v) is 6.25. The number of aryl methyl sites for hydroxylation is 1. The molecular formula is C23H31F2N3O5. The maximum atomic E-state index is 15.1. The van der Waals surface area contributed by atoms with Crippen molar-refractivity contribution in [1.82, 2.24) is 14.9 Å². The highest BCUT2D eigenvalue weighted by molar-refractivity contribution is 5.80. The van der Waals surface area contributed by atoms with Crippen LogP contribution in [-0.2, 0) is 16.6 Å². The number of hydrogen-bond acceptors (Lipinski definition) is 6. The van der Waals surface area contributed by atoms with Crippen molar-refractivity contribution in [1.29, 1.82) is 0 Å². The average Bonchev–Trinajstić information content (AvgIpc) is 3.06. The second-order valence-electron chi connectivity index (χ2n) is 9.14. The molecule has 1 heterocycles. The summed E-state index contributed by atoms with van der Waals surface area (Å²) in [5, 5.41) is 12.2. The first-order valence-corrected chi connectivity index (χ1v) is 11.5. The SMILES string of the molecule is CC(=O)N[C@@H](C)COC1CCC(Oc2nc3c(F)cc(OC4CC(O)C4)c(F)c3n2C)CC1. The second kappa shape index (κ2) is 9.80. The third kappa shape index (κ3) is 5.38. The quantitative estimate of drug-likeness (QED) is 0.620. The zero-order chi connectivity index (χ0) is 23.7. The molecule has 0 radical (unpaired) electrons. The highest BCUT2D eigenvalue weighted by Crippen LogP contribution is 2.35. The Bertz CT molecular complexity index is 1000. The van der Waals surface area contributed by atoms with E-state index in [1.165, 1.54) is 11.5 Å². The molecule has 2 N–H and O–H groups in total. The van der Waals surface area contributed by atoms with Gasteiger partial charge in [0.05, 0.1) is 18.8 Å². The largest absolute Gasteiger partial charge is 0.487 e. The molecule has 2 aliphatic carbocycles. The predicted molar refractivity (Wildman–Crippen MR) is 116 cm³/mol. The molecule has 0 aliphatic heterocycles. The summed E-state index contributed by atoms with van der Waals surface area (Å²) >= 11 is 0. The lowest BCUT2D eigenvalue weighted by molar-refractivity contribution is -0.120. The Morgan fingerprint density at radius 3 is 2.52 bits per heavy atom. The van der Waals surface area contributed by atoms with Crippen LogP contribution in [0.25, 0.3) is 11.0 Å². The molecule has 0 unspecified atom stereocenters. The van der Waals surface area contributed by atoms with Crippen LogP contribution in [0.4, 0.5) is 8.78 Å². The average molecular weight is 468 g/mol. The van der Waals surface area contributed by atoms with E-state index < -0.39 is 17.7 Å². The minimum absolute atomic E-state index is 0.0103. The number of amides is 1. The summed E-state index contributed by atoms with van der Waals surface area (Å²) in [6, 6.07) is 1.11. The summed E-state index contributed by atoms with van der Waals surface area (Å²) in [7, 11) is 1.59. The lowest BCUT2D eigenvalue weighted by atomic mass is 9.92. The van der Waals surface area contributed by atoms with Crippen LogP contribution in [0, 0.1) is 11.6 Å². The molecule has 182 valence electrons. The Kier molecular flexibility index (Phi) is 7.04. The fraction of sp³-hybridized carbons (Fsp3) is 0.652. The van der Waals surface area contributed by atoms with Crippen LogP contribution in [-0.4, -0.2) is 57.6 Å². The first-order chi connectivity index (χ1) is 15.7. The van der Waals surface area contributed by atoms with Gasteiger partial charge in [0, 0.05) is 38.9 Å². The van der Waals surface area contributed by atoms with Gasteiger partial charge in [0.1, 0.15) is 23.2 Å². The third-order valence-electron chi connectivity index (χ3n) is 6.25. The van der Waals surface area contributed by atoms with Gasteiger partial charge in [-0.25, -0.2) is 8.78 Å². The molecule has 1 atom stereocenters. The lowest BCUT2D eigenvalue weighted by Crippen LogP contribution is -2.37. The number of carbonyl (C=O) groups excluding carboxylic acids is 1. The molecule has 4 rings (SSSR count). The van der Waals surface area contributed by atoms with Crippen LogP contribution in [0.3, 0.4) is 0 Å². The highest BCUT2D eigenvalue weighted by Gasteiger charge is 2.31. The number of benzene rings is 1. The van der Waals surface area contributed by atoms with Gasteiger partial charge in [0.25, 0.3) is 6.01 Å². The van der Waals surface area contributed by atoms with Gasteiger partial charge in [-0.3, -0.25) is 9.36 Å². The van der Waals surface area contributed by atoms with E-state index in [1.54, 1.807) is 7.05 Å². The molecule has 33 heavy (non-hydrogen) atoms. The van der Waals surface area contributed by atoms with Gasteiger partial charge >= 0.3 is 0 Å². The molecule has 2 aliphatic rings. The molecule has 2 saturated carbocycles. The second-order valence-corrected chi connectivity index (χ2v) is 9.14. The van der Waals surface area contributed by atoms with Gasteiger partial charge in [-0.05, 0) is 32.6 Å². The van der Waals surface area contributed by atoms with Crippen molar-refractivity contribution < 1.29 is 32.9 Å². The van der Waals surface area contributed by atoms with Crippen LogP contribution >= 0.6 is 0 Å². The standard InChI is InChI=1S/C23H31F2N3O5/c1-12(26-13(2)29)11-31-15-4-6-16(7-5-15)33-23-27-21-18(24)10-19(20(25)22(21)28(23)3)32-17-8-14(30)9-17/h10,12,14-17,30H,4-9,11H2,1-3H3,(H,26,29)/t12-,14?,15?,16?,17?/m0/s1. The molecule has 1 aromatic carbocycles. The van der Waals surface area contributed by atoms with Crippen LogP contribution in [0.15, 0.2) is 6.07 Å². The molecule has 0 spiro atoms. The summed E-state index contributed by atoms with van der Waals surface area (Å²) in [4.78, 5) is 15.3. The maximum absolute atomic E-state index is 15.1. The number of rotatable bonds is 8. The van der Waals surface area contributed by atoms with Gasteiger partial charge in [0.15, 0.2) is 17.4 Å². The topological polar surface area (TPSA) is 94.8 Å². The molecule has 8 nitrogen and oxygen atoms in total. The smallest absolute Gasteiger partial charge is 0.297 e. The van der Waals surface area contributed by atoms with Crippen LogP contribution in [0.5, 0.6) is 11.8 Å². The predicted octanol–water partition coefficient (Wildman–Crippen LogP) is 2.98. The van der Waals surface area contributed by atoms with E-state index >= 15 is 4.39 Å². The summed E-state index contributed by atoms with van der Waals surface area (Å²) in [5.74, 6) is -1.64. The van der Waals surface area contributed by atoms with Crippen molar-refractivity contribution in [2.45, 2.75) is 82.8 Å². The first kappa shape index (κ1) is 23.7. The van der Waals surface area contributed by atoms with Crippen LogP contribution in [0.1, 0.15) is 52.4 Å². The first-order valence-electron chi connectivity index (χ1n) is 11.5. The van der Waals surface area contributed by atoms with Crippen LogP contribution in [0.2, 0.25) is 0 Å². The van der Waals surface area contributed by atoms with Crippen molar-refractivity contribution in [3.63, 3.8) is 0 Å². The molecular weight excluding hydrogens is 436 g/mol. The molecule has 2 aromatic rings. The zero-order valence-corrected chi connectivity index (χ0v) is 19.1. The number of aromatic nitrogens is 2.